The molecule has 0 unspecified atom stereocenters. The first-order valence-electron chi connectivity index (χ1n) is 8.21. The van der Waals surface area contributed by atoms with Gasteiger partial charge in [0, 0.05) is 11.5 Å². The molecular formula is C18H22O6S3. The molecule has 0 aromatic heterocycles. The molecule has 0 amide bonds. The van der Waals surface area contributed by atoms with Gasteiger partial charge >= 0.3 is 0 Å². The first-order chi connectivity index (χ1) is 12.7. The lowest BCUT2D eigenvalue weighted by Gasteiger charge is -2.07. The van der Waals surface area contributed by atoms with Crippen LogP contribution in [0.25, 0.3) is 0 Å². The Hall–Kier alpha value is -1.39. The van der Waals surface area contributed by atoms with Crippen molar-refractivity contribution in [3.05, 3.63) is 59.7 Å². The van der Waals surface area contributed by atoms with Gasteiger partial charge < -0.3 is 0 Å². The number of thioether (sulfide) groups is 1. The number of rotatable bonds is 10. The maximum Gasteiger partial charge on any atom is 0.296 e. The average molecular weight is 431 g/mol. The van der Waals surface area contributed by atoms with Gasteiger partial charge in [-0.25, -0.2) is 0 Å². The smallest absolute Gasteiger partial charge is 0.266 e. The molecule has 0 radical (unpaired) electrons. The lowest BCUT2D eigenvalue weighted by Crippen LogP contribution is -2.11. The van der Waals surface area contributed by atoms with Crippen molar-refractivity contribution in [3.63, 3.8) is 0 Å². The second-order valence-electron chi connectivity index (χ2n) is 5.79. The summed E-state index contributed by atoms with van der Waals surface area (Å²) in [6.45, 7) is 3.75. The van der Waals surface area contributed by atoms with Crippen molar-refractivity contribution in [2.24, 2.45) is 0 Å². The van der Waals surface area contributed by atoms with Crippen LogP contribution >= 0.6 is 11.8 Å². The molecule has 148 valence electrons. The van der Waals surface area contributed by atoms with E-state index in [-0.39, 0.29) is 23.0 Å². The summed E-state index contributed by atoms with van der Waals surface area (Å²) in [5, 5.41) is 0. The van der Waals surface area contributed by atoms with Gasteiger partial charge in [-0.2, -0.15) is 28.6 Å². The fourth-order valence-corrected chi connectivity index (χ4v) is 4.69. The van der Waals surface area contributed by atoms with Crippen LogP contribution in [-0.2, 0) is 28.6 Å². The van der Waals surface area contributed by atoms with Crippen molar-refractivity contribution in [3.8, 4) is 0 Å². The van der Waals surface area contributed by atoms with Crippen molar-refractivity contribution < 1.29 is 25.2 Å². The molecule has 2 rings (SSSR count). The van der Waals surface area contributed by atoms with E-state index in [1.165, 1.54) is 36.0 Å². The van der Waals surface area contributed by atoms with Gasteiger partial charge in [0.05, 0.1) is 23.0 Å². The molecule has 0 aliphatic carbocycles. The molecular weight excluding hydrogens is 408 g/mol. The molecule has 0 bridgehead atoms. The molecule has 6 nitrogen and oxygen atoms in total. The summed E-state index contributed by atoms with van der Waals surface area (Å²) in [7, 11) is -7.55. The minimum atomic E-state index is -3.77. The highest BCUT2D eigenvalue weighted by Gasteiger charge is 2.15. The molecule has 9 heteroatoms. The Morgan fingerprint density at radius 1 is 0.667 bits per heavy atom. The van der Waals surface area contributed by atoms with Crippen LogP contribution in [0.5, 0.6) is 0 Å². The Morgan fingerprint density at radius 2 is 1.00 bits per heavy atom. The van der Waals surface area contributed by atoms with E-state index in [1.807, 2.05) is 13.8 Å². The van der Waals surface area contributed by atoms with Crippen molar-refractivity contribution in [1.29, 1.82) is 0 Å². The van der Waals surface area contributed by atoms with E-state index in [4.69, 9.17) is 8.37 Å². The summed E-state index contributed by atoms with van der Waals surface area (Å²) >= 11 is 1.35. The minimum Gasteiger partial charge on any atom is -0.266 e. The van der Waals surface area contributed by atoms with E-state index >= 15 is 0 Å². The van der Waals surface area contributed by atoms with Crippen LogP contribution in [0.2, 0.25) is 0 Å². The lowest BCUT2D eigenvalue weighted by atomic mass is 10.2. The van der Waals surface area contributed by atoms with Gasteiger partial charge in [-0.15, -0.1) is 0 Å². The Balaban J connectivity index is 1.68. The molecule has 2 aromatic carbocycles. The van der Waals surface area contributed by atoms with Crippen LogP contribution in [0.15, 0.2) is 58.3 Å². The second-order valence-corrected chi connectivity index (χ2v) is 10.2. The summed E-state index contributed by atoms with van der Waals surface area (Å²) in [6, 6.07) is 12.8. The molecule has 0 heterocycles. The third kappa shape index (κ3) is 6.93. The van der Waals surface area contributed by atoms with E-state index in [2.05, 4.69) is 0 Å². The lowest BCUT2D eigenvalue weighted by molar-refractivity contribution is 0.338. The van der Waals surface area contributed by atoms with Crippen LogP contribution in [0.1, 0.15) is 11.1 Å². The Labute approximate surface area is 165 Å². The van der Waals surface area contributed by atoms with Gasteiger partial charge in [-0.1, -0.05) is 35.4 Å². The van der Waals surface area contributed by atoms with Gasteiger partial charge in [0.1, 0.15) is 0 Å². The third-order valence-electron chi connectivity index (χ3n) is 3.55. The van der Waals surface area contributed by atoms with Gasteiger partial charge in [0.2, 0.25) is 0 Å². The number of hydrogen-bond acceptors (Lipinski definition) is 7. The Bertz CT molecular complexity index is 854. The van der Waals surface area contributed by atoms with Gasteiger partial charge in [0.25, 0.3) is 20.2 Å². The summed E-state index contributed by atoms with van der Waals surface area (Å²) in [5.74, 6) is 0.804. The molecule has 0 spiro atoms. The van der Waals surface area contributed by atoms with Crippen molar-refractivity contribution in [2.75, 3.05) is 24.7 Å². The maximum absolute atomic E-state index is 12.0. The fraction of sp³-hybridized carbons (Fsp3) is 0.333. The highest BCUT2D eigenvalue weighted by atomic mass is 32.2. The van der Waals surface area contributed by atoms with Gasteiger partial charge in [0.15, 0.2) is 0 Å². The molecule has 0 N–H and O–H groups in total. The van der Waals surface area contributed by atoms with E-state index in [0.717, 1.165) is 11.1 Å². The van der Waals surface area contributed by atoms with E-state index in [9.17, 15) is 16.8 Å². The normalized spacial score (nSPS) is 12.2. The molecule has 0 atom stereocenters. The largest absolute Gasteiger partial charge is 0.296 e. The Morgan fingerprint density at radius 3 is 1.33 bits per heavy atom. The molecule has 0 aliphatic rings. The van der Waals surface area contributed by atoms with Crippen LogP contribution in [0.3, 0.4) is 0 Å². The molecule has 0 saturated carbocycles. The van der Waals surface area contributed by atoms with E-state index in [1.54, 1.807) is 24.3 Å². The zero-order chi connectivity index (χ0) is 19.9. The average Bonchev–Trinajstić information content (AvgIpc) is 2.61. The van der Waals surface area contributed by atoms with Crippen LogP contribution in [0.4, 0.5) is 0 Å². The SMILES string of the molecule is Cc1ccc(S(=O)(=O)OCCSCCOS(=O)(=O)c2ccc(C)cc2)cc1. The van der Waals surface area contributed by atoms with E-state index in [0.29, 0.717) is 11.5 Å². The molecule has 0 saturated heterocycles. The highest BCUT2D eigenvalue weighted by Crippen LogP contribution is 2.15. The third-order valence-corrected chi connectivity index (χ3v) is 7.12. The van der Waals surface area contributed by atoms with Crippen molar-refractivity contribution in [2.45, 2.75) is 23.6 Å². The quantitative estimate of drug-likeness (QED) is 0.423. The first-order valence-corrected chi connectivity index (χ1v) is 12.2. The van der Waals surface area contributed by atoms with Crippen molar-refractivity contribution >= 4 is 32.0 Å². The zero-order valence-corrected chi connectivity index (χ0v) is 17.6. The van der Waals surface area contributed by atoms with Gasteiger partial charge in [-0.3, -0.25) is 8.37 Å². The monoisotopic (exact) mass is 430 g/mol. The fourth-order valence-electron chi connectivity index (χ4n) is 2.05. The number of aryl methyl sites for hydroxylation is 2. The molecule has 0 fully saturated rings. The minimum absolute atomic E-state index is 0.00554. The zero-order valence-electron chi connectivity index (χ0n) is 15.1. The summed E-state index contributed by atoms with van der Waals surface area (Å²) in [4.78, 5) is 0.233. The molecule has 2 aromatic rings. The first kappa shape index (κ1) is 21.9. The number of benzene rings is 2. The van der Waals surface area contributed by atoms with Crippen molar-refractivity contribution in [1.82, 2.24) is 0 Å². The van der Waals surface area contributed by atoms with Crippen LogP contribution in [0, 0.1) is 13.8 Å². The predicted octanol–water partition coefficient (Wildman–Crippen LogP) is 3.15. The van der Waals surface area contributed by atoms with Crippen LogP contribution in [-0.4, -0.2) is 41.6 Å². The Kier molecular flexibility index (Phi) is 7.87. The number of hydrogen-bond donors (Lipinski definition) is 0. The molecule has 0 aliphatic heterocycles. The van der Waals surface area contributed by atoms with Crippen LogP contribution < -0.4 is 0 Å². The topological polar surface area (TPSA) is 86.7 Å². The standard InChI is InChI=1S/C18H22O6S3/c1-15-3-7-17(8-4-15)26(19,20)23-11-13-25-14-12-24-27(21,22)18-9-5-16(2)6-10-18/h3-10H,11-14H2,1-2H3. The predicted molar refractivity (Wildman–Crippen MR) is 106 cm³/mol. The summed E-state index contributed by atoms with van der Waals surface area (Å²) in [6.07, 6.45) is 0. The maximum atomic E-state index is 12.0. The highest BCUT2D eigenvalue weighted by molar-refractivity contribution is 7.99. The summed E-state index contributed by atoms with van der Waals surface area (Å²) in [5.41, 5.74) is 1.93. The van der Waals surface area contributed by atoms with Gasteiger partial charge in [-0.05, 0) is 38.1 Å². The molecule has 27 heavy (non-hydrogen) atoms. The summed E-state index contributed by atoms with van der Waals surface area (Å²) < 4.78 is 58.0. The second kappa shape index (κ2) is 9.70. The van der Waals surface area contributed by atoms with E-state index < -0.39 is 20.2 Å².